The Morgan fingerprint density at radius 2 is 1.85 bits per heavy atom. The largest absolute Gasteiger partial charge is 0.363 e. The molecule has 1 atom stereocenters. The van der Waals surface area contributed by atoms with E-state index in [1.807, 2.05) is 29.9 Å². The number of aryl methyl sites for hydroxylation is 3. The highest BCUT2D eigenvalue weighted by Gasteiger charge is 2.19. The topological polar surface area (TPSA) is 68.5 Å². The SMILES string of the molecule is CCc1cc(NC(CC)c2c(C)nn(C)c2C)nc(-c2ccncc2)n1. The van der Waals surface area contributed by atoms with Crippen LogP contribution < -0.4 is 5.32 Å². The number of nitrogens with zero attached hydrogens (tertiary/aromatic N) is 5. The van der Waals surface area contributed by atoms with Crippen molar-refractivity contribution in [3.05, 3.63) is 53.2 Å². The Kier molecular flexibility index (Phi) is 5.30. The van der Waals surface area contributed by atoms with Crippen molar-refractivity contribution in [1.82, 2.24) is 24.7 Å². The molecule has 6 nitrogen and oxygen atoms in total. The summed E-state index contributed by atoms with van der Waals surface area (Å²) in [6.07, 6.45) is 5.34. The van der Waals surface area contributed by atoms with E-state index < -0.39 is 0 Å². The van der Waals surface area contributed by atoms with Crippen molar-refractivity contribution in [1.29, 1.82) is 0 Å². The van der Waals surface area contributed by atoms with Gasteiger partial charge in [-0.15, -0.1) is 0 Å². The fourth-order valence-corrected chi connectivity index (χ4v) is 3.23. The number of anilines is 1. The van der Waals surface area contributed by atoms with Crippen LogP contribution in [0.2, 0.25) is 0 Å². The Labute approximate surface area is 154 Å². The summed E-state index contributed by atoms with van der Waals surface area (Å²) < 4.78 is 1.94. The van der Waals surface area contributed by atoms with E-state index in [2.05, 4.69) is 48.1 Å². The first-order valence-corrected chi connectivity index (χ1v) is 9.08. The molecule has 26 heavy (non-hydrogen) atoms. The van der Waals surface area contributed by atoms with Crippen LogP contribution in [-0.2, 0) is 13.5 Å². The molecule has 3 aromatic heterocycles. The summed E-state index contributed by atoms with van der Waals surface area (Å²) in [5, 5.41) is 8.16. The van der Waals surface area contributed by atoms with Crippen molar-refractivity contribution in [2.45, 2.75) is 46.6 Å². The van der Waals surface area contributed by atoms with Gasteiger partial charge in [0.25, 0.3) is 0 Å². The summed E-state index contributed by atoms with van der Waals surface area (Å²) in [6.45, 7) is 8.45. The normalized spacial score (nSPS) is 12.2. The first kappa shape index (κ1) is 18.0. The lowest BCUT2D eigenvalue weighted by Crippen LogP contribution is -2.14. The average Bonchev–Trinajstić information content (AvgIpc) is 2.92. The molecular formula is C20H26N6. The summed E-state index contributed by atoms with van der Waals surface area (Å²) >= 11 is 0. The molecule has 0 saturated heterocycles. The van der Waals surface area contributed by atoms with E-state index in [-0.39, 0.29) is 6.04 Å². The number of nitrogens with one attached hydrogen (secondary N) is 1. The second-order valence-electron chi connectivity index (χ2n) is 6.47. The highest BCUT2D eigenvalue weighted by Crippen LogP contribution is 2.28. The fraction of sp³-hybridized carbons (Fsp3) is 0.400. The predicted octanol–water partition coefficient (Wildman–Crippen LogP) is 4.01. The average molecular weight is 350 g/mol. The van der Waals surface area contributed by atoms with E-state index in [0.717, 1.165) is 41.4 Å². The van der Waals surface area contributed by atoms with Crippen LogP contribution in [0.5, 0.6) is 0 Å². The molecule has 0 amide bonds. The lowest BCUT2D eigenvalue weighted by Gasteiger charge is -2.19. The molecule has 136 valence electrons. The van der Waals surface area contributed by atoms with Crippen LogP contribution in [0.1, 0.15) is 49.0 Å². The lowest BCUT2D eigenvalue weighted by atomic mass is 10.0. The zero-order chi connectivity index (χ0) is 18.7. The number of rotatable bonds is 6. The van der Waals surface area contributed by atoms with E-state index in [9.17, 15) is 0 Å². The van der Waals surface area contributed by atoms with Gasteiger partial charge in [0.2, 0.25) is 0 Å². The number of pyridine rings is 1. The van der Waals surface area contributed by atoms with Crippen molar-refractivity contribution in [3.63, 3.8) is 0 Å². The number of hydrogen-bond donors (Lipinski definition) is 1. The summed E-state index contributed by atoms with van der Waals surface area (Å²) in [5.41, 5.74) is 5.48. The van der Waals surface area contributed by atoms with Gasteiger partial charge in [0.05, 0.1) is 11.7 Å². The molecule has 1 N–H and O–H groups in total. The zero-order valence-corrected chi connectivity index (χ0v) is 16.1. The molecular weight excluding hydrogens is 324 g/mol. The minimum Gasteiger partial charge on any atom is -0.363 e. The molecule has 0 saturated carbocycles. The van der Waals surface area contributed by atoms with Gasteiger partial charge < -0.3 is 5.32 Å². The van der Waals surface area contributed by atoms with E-state index >= 15 is 0 Å². The molecule has 0 aromatic carbocycles. The maximum Gasteiger partial charge on any atom is 0.161 e. The van der Waals surface area contributed by atoms with Gasteiger partial charge in [0, 0.05) is 48.0 Å². The molecule has 0 bridgehead atoms. The summed E-state index contributed by atoms with van der Waals surface area (Å²) in [7, 11) is 1.99. The Balaban J connectivity index is 1.98. The van der Waals surface area contributed by atoms with E-state index in [1.54, 1.807) is 12.4 Å². The Bertz CT molecular complexity index is 885. The first-order chi connectivity index (χ1) is 12.5. The molecule has 0 spiro atoms. The second-order valence-corrected chi connectivity index (χ2v) is 6.47. The van der Waals surface area contributed by atoms with Crippen LogP contribution in [-0.4, -0.2) is 24.7 Å². The second kappa shape index (κ2) is 7.64. The molecule has 0 aliphatic heterocycles. The summed E-state index contributed by atoms with van der Waals surface area (Å²) in [6, 6.07) is 6.07. The Morgan fingerprint density at radius 3 is 2.42 bits per heavy atom. The third-order valence-corrected chi connectivity index (χ3v) is 4.72. The van der Waals surface area contributed by atoms with Gasteiger partial charge in [-0.2, -0.15) is 5.10 Å². The van der Waals surface area contributed by atoms with Crippen LogP contribution >= 0.6 is 0 Å². The molecule has 0 aliphatic rings. The molecule has 0 fully saturated rings. The van der Waals surface area contributed by atoms with Gasteiger partial charge in [-0.1, -0.05) is 13.8 Å². The number of aromatic nitrogens is 5. The maximum atomic E-state index is 4.75. The highest BCUT2D eigenvalue weighted by atomic mass is 15.3. The smallest absolute Gasteiger partial charge is 0.161 e. The maximum absolute atomic E-state index is 4.75. The summed E-state index contributed by atoms with van der Waals surface area (Å²) in [5.74, 6) is 1.57. The highest BCUT2D eigenvalue weighted by molar-refractivity contribution is 5.57. The third kappa shape index (κ3) is 3.59. The van der Waals surface area contributed by atoms with Crippen molar-refractivity contribution >= 4 is 5.82 Å². The van der Waals surface area contributed by atoms with Gasteiger partial charge in [0.1, 0.15) is 5.82 Å². The Morgan fingerprint density at radius 1 is 1.12 bits per heavy atom. The fourth-order valence-electron chi connectivity index (χ4n) is 3.23. The predicted molar refractivity (Wildman–Crippen MR) is 104 cm³/mol. The Hall–Kier alpha value is -2.76. The minimum atomic E-state index is 0.161. The molecule has 3 heterocycles. The van der Waals surface area contributed by atoms with Crippen molar-refractivity contribution in [3.8, 4) is 11.4 Å². The van der Waals surface area contributed by atoms with Crippen LogP contribution in [0.4, 0.5) is 5.82 Å². The van der Waals surface area contributed by atoms with Gasteiger partial charge in [-0.05, 0) is 38.8 Å². The number of hydrogen-bond acceptors (Lipinski definition) is 5. The van der Waals surface area contributed by atoms with Crippen LogP contribution in [0.25, 0.3) is 11.4 Å². The third-order valence-electron chi connectivity index (χ3n) is 4.72. The lowest BCUT2D eigenvalue weighted by molar-refractivity contribution is 0.714. The van der Waals surface area contributed by atoms with Crippen LogP contribution in [0, 0.1) is 13.8 Å². The van der Waals surface area contributed by atoms with E-state index in [0.29, 0.717) is 0 Å². The van der Waals surface area contributed by atoms with E-state index in [1.165, 1.54) is 11.3 Å². The van der Waals surface area contributed by atoms with Gasteiger partial charge in [-0.3, -0.25) is 9.67 Å². The molecule has 3 aromatic rings. The molecule has 3 rings (SSSR count). The van der Waals surface area contributed by atoms with Crippen molar-refractivity contribution < 1.29 is 0 Å². The van der Waals surface area contributed by atoms with Crippen LogP contribution in [0.15, 0.2) is 30.6 Å². The first-order valence-electron chi connectivity index (χ1n) is 9.08. The monoisotopic (exact) mass is 350 g/mol. The molecule has 0 aliphatic carbocycles. The molecule has 6 heteroatoms. The standard InChI is InChI=1S/C20H26N6/c1-6-16-12-18(24-20(22-16)15-8-10-21-11-9-15)23-17(7-2)19-13(3)25-26(5)14(19)4/h8-12,17H,6-7H2,1-5H3,(H,22,23,24). The van der Waals surface area contributed by atoms with E-state index in [4.69, 9.17) is 4.98 Å². The van der Waals surface area contributed by atoms with Gasteiger partial charge in [-0.25, -0.2) is 9.97 Å². The van der Waals surface area contributed by atoms with Gasteiger partial charge >= 0.3 is 0 Å². The zero-order valence-electron chi connectivity index (χ0n) is 16.1. The molecule has 0 radical (unpaired) electrons. The minimum absolute atomic E-state index is 0.161. The molecule has 1 unspecified atom stereocenters. The van der Waals surface area contributed by atoms with Crippen LogP contribution in [0.3, 0.4) is 0 Å². The van der Waals surface area contributed by atoms with Crippen molar-refractivity contribution in [2.24, 2.45) is 7.05 Å². The summed E-state index contributed by atoms with van der Waals surface area (Å²) in [4.78, 5) is 13.5. The van der Waals surface area contributed by atoms with Crippen molar-refractivity contribution in [2.75, 3.05) is 5.32 Å². The van der Waals surface area contributed by atoms with Gasteiger partial charge in [0.15, 0.2) is 5.82 Å². The quantitative estimate of drug-likeness (QED) is 0.727.